The number of nitrogens with one attached hydrogen (secondary N) is 2. The topological polar surface area (TPSA) is 83.0 Å². The van der Waals surface area contributed by atoms with Crippen molar-refractivity contribution in [3.05, 3.63) is 58.1 Å². The number of carbonyl (C=O) groups is 2. The second-order valence-electron chi connectivity index (χ2n) is 6.01. The van der Waals surface area contributed by atoms with Crippen LogP contribution in [0.4, 0.5) is 23.7 Å². The van der Waals surface area contributed by atoms with Gasteiger partial charge in [-0.25, -0.2) is 9.80 Å². The summed E-state index contributed by atoms with van der Waals surface area (Å²) in [6, 6.07) is 10.5. The summed E-state index contributed by atoms with van der Waals surface area (Å²) in [5.41, 5.74) is 2.82. The molecule has 0 atom stereocenters. The first kappa shape index (κ1) is 21.7. The molecule has 1 aliphatic heterocycles. The Morgan fingerprint density at radius 1 is 1.20 bits per heavy atom. The van der Waals surface area contributed by atoms with Crippen molar-refractivity contribution in [3.8, 4) is 5.75 Å². The third kappa shape index (κ3) is 5.55. The van der Waals surface area contributed by atoms with Gasteiger partial charge >= 0.3 is 12.3 Å². The number of aliphatic imine (C=N–C) groups is 1. The Morgan fingerprint density at radius 2 is 1.87 bits per heavy atom. The summed E-state index contributed by atoms with van der Waals surface area (Å²) in [4.78, 5) is 27.7. The molecule has 12 heteroatoms. The van der Waals surface area contributed by atoms with E-state index < -0.39 is 31.3 Å². The Morgan fingerprint density at radius 3 is 2.53 bits per heavy atom. The SMILES string of the molecule is O=C(Nc1c(Cl)cccc1Cl)Oc1cccc(C2=NCC(=O)N(CC(F)(F)F)N2)c1. The van der Waals surface area contributed by atoms with E-state index in [2.05, 4.69) is 15.7 Å². The van der Waals surface area contributed by atoms with E-state index in [1.54, 1.807) is 6.07 Å². The van der Waals surface area contributed by atoms with Gasteiger partial charge in [-0.05, 0) is 24.3 Å². The fourth-order valence-corrected chi connectivity index (χ4v) is 2.97. The molecule has 0 unspecified atom stereocenters. The second-order valence-corrected chi connectivity index (χ2v) is 6.83. The average Bonchev–Trinajstić information content (AvgIpc) is 2.66. The maximum absolute atomic E-state index is 12.6. The maximum atomic E-state index is 12.6. The Kier molecular flexibility index (Phi) is 6.37. The van der Waals surface area contributed by atoms with E-state index in [9.17, 15) is 22.8 Å². The molecule has 0 aromatic heterocycles. The molecule has 2 N–H and O–H groups in total. The van der Waals surface area contributed by atoms with Gasteiger partial charge in [0.25, 0.3) is 5.91 Å². The molecule has 30 heavy (non-hydrogen) atoms. The summed E-state index contributed by atoms with van der Waals surface area (Å²) in [5.74, 6) is -0.713. The lowest BCUT2D eigenvalue weighted by Gasteiger charge is -2.29. The molecular formula is C18H13Cl2F3N4O3. The zero-order chi connectivity index (χ0) is 21.9. The predicted molar refractivity (Wildman–Crippen MR) is 105 cm³/mol. The summed E-state index contributed by atoms with van der Waals surface area (Å²) < 4.78 is 43.1. The van der Waals surface area contributed by atoms with Crippen molar-refractivity contribution in [1.82, 2.24) is 10.4 Å². The number of amidine groups is 1. The predicted octanol–water partition coefficient (Wildman–Crippen LogP) is 4.26. The summed E-state index contributed by atoms with van der Waals surface area (Å²) in [5, 5.41) is 3.27. The number of carbonyl (C=O) groups excluding carboxylic acids is 2. The van der Waals surface area contributed by atoms with Gasteiger partial charge in [0.05, 0.1) is 15.7 Å². The van der Waals surface area contributed by atoms with Gasteiger partial charge in [0, 0.05) is 5.56 Å². The molecule has 158 valence electrons. The summed E-state index contributed by atoms with van der Waals surface area (Å²) >= 11 is 12.0. The Hall–Kier alpha value is -2.98. The van der Waals surface area contributed by atoms with Crippen LogP contribution in [-0.4, -0.2) is 42.1 Å². The minimum absolute atomic E-state index is 0.0267. The molecule has 0 radical (unpaired) electrons. The van der Waals surface area contributed by atoms with Crippen LogP contribution in [0.5, 0.6) is 5.75 Å². The summed E-state index contributed by atoms with van der Waals surface area (Å²) in [6.07, 6.45) is -5.46. The first-order valence-corrected chi connectivity index (χ1v) is 9.09. The van der Waals surface area contributed by atoms with E-state index in [0.29, 0.717) is 10.6 Å². The lowest BCUT2D eigenvalue weighted by molar-refractivity contribution is -0.164. The maximum Gasteiger partial charge on any atom is 0.417 e. The zero-order valence-corrected chi connectivity index (χ0v) is 16.5. The van der Waals surface area contributed by atoms with Crippen LogP contribution in [0.25, 0.3) is 0 Å². The highest BCUT2D eigenvalue weighted by molar-refractivity contribution is 6.39. The van der Waals surface area contributed by atoms with Gasteiger partial charge in [0.15, 0.2) is 0 Å². The first-order valence-electron chi connectivity index (χ1n) is 8.34. The average molecular weight is 461 g/mol. The number of alkyl halides is 3. The lowest BCUT2D eigenvalue weighted by Crippen LogP contribution is -2.54. The quantitative estimate of drug-likeness (QED) is 0.713. The number of hydrogen-bond donors (Lipinski definition) is 2. The molecule has 0 fully saturated rings. The number of halogens is 5. The minimum Gasteiger partial charge on any atom is -0.410 e. The fourth-order valence-electron chi connectivity index (χ4n) is 2.48. The van der Waals surface area contributed by atoms with Crippen LogP contribution in [0.3, 0.4) is 0 Å². The first-order chi connectivity index (χ1) is 14.1. The summed E-state index contributed by atoms with van der Waals surface area (Å²) in [7, 11) is 0. The van der Waals surface area contributed by atoms with Gasteiger partial charge in [0.2, 0.25) is 0 Å². The fraction of sp³-hybridized carbons (Fsp3) is 0.167. The molecular weight excluding hydrogens is 448 g/mol. The van der Waals surface area contributed by atoms with Crippen molar-refractivity contribution in [2.75, 3.05) is 18.4 Å². The van der Waals surface area contributed by atoms with Crippen LogP contribution in [0, 0.1) is 0 Å². The molecule has 2 amide bonds. The van der Waals surface area contributed by atoms with E-state index >= 15 is 0 Å². The third-order valence-corrected chi connectivity index (χ3v) is 4.39. The normalized spacial score (nSPS) is 14.1. The van der Waals surface area contributed by atoms with Crippen molar-refractivity contribution in [2.45, 2.75) is 6.18 Å². The van der Waals surface area contributed by atoms with Gasteiger partial charge in [-0.15, -0.1) is 0 Å². The van der Waals surface area contributed by atoms with Crippen molar-refractivity contribution in [2.24, 2.45) is 4.99 Å². The van der Waals surface area contributed by atoms with E-state index in [1.165, 1.54) is 36.4 Å². The number of hydrogen-bond acceptors (Lipinski definition) is 5. The van der Waals surface area contributed by atoms with Crippen LogP contribution in [0.2, 0.25) is 10.0 Å². The molecule has 2 aromatic carbocycles. The van der Waals surface area contributed by atoms with Crippen molar-refractivity contribution < 1.29 is 27.5 Å². The minimum atomic E-state index is -4.58. The monoisotopic (exact) mass is 460 g/mol. The van der Waals surface area contributed by atoms with Gasteiger partial charge in [-0.3, -0.25) is 20.5 Å². The van der Waals surface area contributed by atoms with Crippen LogP contribution in [-0.2, 0) is 4.79 Å². The van der Waals surface area contributed by atoms with Crippen LogP contribution in [0.1, 0.15) is 5.56 Å². The molecule has 7 nitrogen and oxygen atoms in total. The van der Waals surface area contributed by atoms with Gasteiger partial charge < -0.3 is 4.74 Å². The number of nitrogens with zero attached hydrogens (tertiary/aromatic N) is 2. The molecule has 0 spiro atoms. The molecule has 0 saturated heterocycles. The zero-order valence-electron chi connectivity index (χ0n) is 15.0. The number of amides is 2. The van der Waals surface area contributed by atoms with Gasteiger partial charge in [-0.1, -0.05) is 41.4 Å². The molecule has 1 aliphatic rings. The highest BCUT2D eigenvalue weighted by Gasteiger charge is 2.35. The van der Waals surface area contributed by atoms with E-state index in [4.69, 9.17) is 27.9 Å². The highest BCUT2D eigenvalue weighted by Crippen LogP contribution is 2.30. The molecule has 0 saturated carbocycles. The van der Waals surface area contributed by atoms with Crippen molar-refractivity contribution >= 4 is 46.7 Å². The van der Waals surface area contributed by atoms with Crippen LogP contribution < -0.4 is 15.5 Å². The van der Waals surface area contributed by atoms with Gasteiger partial charge in [0.1, 0.15) is 24.7 Å². The molecule has 0 bridgehead atoms. The Balaban J connectivity index is 1.72. The largest absolute Gasteiger partial charge is 0.417 e. The number of ether oxygens (including phenoxy) is 1. The Labute approximate surface area is 178 Å². The van der Waals surface area contributed by atoms with Gasteiger partial charge in [-0.2, -0.15) is 13.2 Å². The number of para-hydroxylation sites is 1. The van der Waals surface area contributed by atoms with Crippen molar-refractivity contribution in [1.29, 1.82) is 0 Å². The number of hydrazine groups is 1. The second kappa shape index (κ2) is 8.80. The third-order valence-electron chi connectivity index (χ3n) is 3.76. The summed E-state index contributed by atoms with van der Waals surface area (Å²) in [6.45, 7) is -1.92. The highest BCUT2D eigenvalue weighted by atomic mass is 35.5. The standard InChI is InChI=1S/C18H13Cl2F3N4O3/c19-12-5-2-6-13(20)15(12)25-17(29)30-11-4-1-3-10(7-11)16-24-8-14(28)27(26-16)9-18(21,22)23/h1-7H,8-9H2,(H,24,26)(H,25,29). The van der Waals surface area contributed by atoms with Crippen LogP contribution in [0.15, 0.2) is 47.5 Å². The number of benzene rings is 2. The number of anilines is 1. The van der Waals surface area contributed by atoms with E-state index in [0.717, 1.165) is 0 Å². The van der Waals surface area contributed by atoms with Crippen molar-refractivity contribution in [3.63, 3.8) is 0 Å². The lowest BCUT2D eigenvalue weighted by atomic mass is 10.2. The smallest absolute Gasteiger partial charge is 0.410 e. The van der Waals surface area contributed by atoms with E-state index in [1.807, 2.05) is 0 Å². The molecule has 3 rings (SSSR count). The Bertz CT molecular complexity index is 994. The molecule has 2 aromatic rings. The van der Waals surface area contributed by atoms with Crippen LogP contribution >= 0.6 is 23.2 Å². The van der Waals surface area contributed by atoms with E-state index in [-0.39, 0.29) is 27.3 Å². The molecule has 0 aliphatic carbocycles. The number of rotatable bonds is 4. The molecule has 1 heterocycles.